The quantitative estimate of drug-likeness (QED) is 0.411. The Kier molecular flexibility index (Phi) is 7.08. The largest absolute Gasteiger partial charge is 0.360 e. The summed E-state index contributed by atoms with van der Waals surface area (Å²) in [6.45, 7) is 8.39. The second kappa shape index (κ2) is 10.4. The molecule has 2 aliphatic heterocycles. The van der Waals surface area contributed by atoms with Crippen molar-refractivity contribution in [1.82, 2.24) is 25.0 Å². The summed E-state index contributed by atoms with van der Waals surface area (Å²) < 4.78 is 13.3. The van der Waals surface area contributed by atoms with Crippen LogP contribution in [-0.4, -0.2) is 88.6 Å². The van der Waals surface area contributed by atoms with Gasteiger partial charge in [-0.1, -0.05) is 12.1 Å². The summed E-state index contributed by atoms with van der Waals surface area (Å²) in [5.41, 5.74) is 2.55. The van der Waals surface area contributed by atoms with Gasteiger partial charge >= 0.3 is 0 Å². The average Bonchev–Trinajstić information content (AvgIpc) is 3.34. The lowest BCUT2D eigenvalue weighted by Gasteiger charge is -2.44. The zero-order chi connectivity index (χ0) is 26.1. The van der Waals surface area contributed by atoms with Gasteiger partial charge in [-0.25, -0.2) is 4.39 Å². The molecule has 0 spiro atoms. The summed E-state index contributed by atoms with van der Waals surface area (Å²) in [6, 6.07) is 11.6. The van der Waals surface area contributed by atoms with E-state index in [1.165, 1.54) is 12.1 Å². The van der Waals surface area contributed by atoms with Gasteiger partial charge in [-0.15, -0.1) is 0 Å². The second-order valence-electron chi connectivity index (χ2n) is 10.0. The minimum atomic E-state index is -0.556. The van der Waals surface area contributed by atoms with Crippen molar-refractivity contribution in [3.63, 3.8) is 0 Å². The van der Waals surface area contributed by atoms with E-state index in [1.807, 2.05) is 11.8 Å². The van der Waals surface area contributed by atoms with Crippen LogP contribution in [0.5, 0.6) is 0 Å². The first kappa shape index (κ1) is 25.1. The number of benzene rings is 2. The number of fused-ring (bicyclic) bond motifs is 1. The number of H-pyrrole nitrogens is 1. The van der Waals surface area contributed by atoms with Crippen molar-refractivity contribution < 1.29 is 18.8 Å². The molecule has 194 valence electrons. The van der Waals surface area contributed by atoms with E-state index in [1.54, 1.807) is 41.4 Å². The predicted molar refractivity (Wildman–Crippen MR) is 139 cm³/mol. The normalized spacial score (nSPS) is 20.8. The van der Waals surface area contributed by atoms with Crippen LogP contribution in [0.4, 0.5) is 4.39 Å². The van der Waals surface area contributed by atoms with E-state index in [0.717, 1.165) is 11.1 Å². The van der Waals surface area contributed by atoms with Gasteiger partial charge in [0.25, 0.3) is 11.8 Å². The fourth-order valence-corrected chi connectivity index (χ4v) is 5.25. The monoisotopic (exact) mass is 505 g/mol. The first-order valence-corrected chi connectivity index (χ1v) is 12.8. The Bertz CT molecular complexity index is 1320. The topological polar surface area (TPSA) is 88.8 Å². The number of rotatable bonds is 5. The molecule has 2 fully saturated rings. The molecule has 2 N–H and O–H groups in total. The Balaban J connectivity index is 1.32. The van der Waals surface area contributed by atoms with Crippen LogP contribution in [0, 0.1) is 5.82 Å². The SMILES string of the molecule is C[C@@H]1CN(Cc2ccc(F)cc2)[C@@H](C)CN1C(=O)c1c[nH]c2ccc(C(=O)C(=O)N3CCNCC3)cc12. The van der Waals surface area contributed by atoms with E-state index in [4.69, 9.17) is 0 Å². The summed E-state index contributed by atoms with van der Waals surface area (Å²) in [7, 11) is 0. The lowest BCUT2D eigenvalue weighted by atomic mass is 10.0. The Hall–Kier alpha value is -3.56. The van der Waals surface area contributed by atoms with Crippen LogP contribution in [0.15, 0.2) is 48.7 Å². The number of Topliss-reactive ketones (excluding diaryl/α,β-unsaturated/α-hetero) is 1. The molecule has 2 amide bonds. The van der Waals surface area contributed by atoms with Gasteiger partial charge in [-0.2, -0.15) is 0 Å². The number of nitrogens with zero attached hydrogens (tertiary/aromatic N) is 3. The molecule has 5 rings (SSSR count). The Morgan fingerprint density at radius 3 is 2.43 bits per heavy atom. The minimum Gasteiger partial charge on any atom is -0.360 e. The molecule has 0 saturated carbocycles. The van der Waals surface area contributed by atoms with Crippen LogP contribution in [0.2, 0.25) is 0 Å². The molecule has 2 atom stereocenters. The van der Waals surface area contributed by atoms with Crippen molar-refractivity contribution in [1.29, 1.82) is 0 Å². The molecule has 1 aromatic heterocycles. The van der Waals surface area contributed by atoms with Gasteiger partial charge in [0, 0.05) is 80.6 Å². The highest BCUT2D eigenvalue weighted by Gasteiger charge is 2.33. The van der Waals surface area contributed by atoms with Crippen molar-refractivity contribution in [3.05, 3.63) is 71.2 Å². The van der Waals surface area contributed by atoms with E-state index in [-0.39, 0.29) is 29.4 Å². The molecule has 0 radical (unpaired) electrons. The van der Waals surface area contributed by atoms with E-state index >= 15 is 0 Å². The van der Waals surface area contributed by atoms with Gasteiger partial charge in [-0.05, 0) is 49.7 Å². The number of aromatic amines is 1. The number of hydrogen-bond acceptors (Lipinski definition) is 5. The summed E-state index contributed by atoms with van der Waals surface area (Å²) in [5, 5.41) is 3.81. The summed E-state index contributed by atoms with van der Waals surface area (Å²) in [6.07, 6.45) is 1.68. The molecule has 8 nitrogen and oxygen atoms in total. The molecule has 2 aromatic carbocycles. The number of hydrogen-bond donors (Lipinski definition) is 2. The minimum absolute atomic E-state index is 0.0341. The number of aromatic nitrogens is 1. The maximum absolute atomic E-state index is 13.7. The third-order valence-corrected chi connectivity index (χ3v) is 7.45. The van der Waals surface area contributed by atoms with E-state index in [9.17, 15) is 18.8 Å². The maximum Gasteiger partial charge on any atom is 0.295 e. The molecule has 3 aromatic rings. The summed E-state index contributed by atoms with van der Waals surface area (Å²) in [5.74, 6) is -1.42. The van der Waals surface area contributed by atoms with Crippen LogP contribution < -0.4 is 5.32 Å². The number of piperazine rings is 2. The molecule has 37 heavy (non-hydrogen) atoms. The van der Waals surface area contributed by atoms with Crippen molar-refractivity contribution in [3.8, 4) is 0 Å². The second-order valence-corrected chi connectivity index (χ2v) is 10.0. The third kappa shape index (κ3) is 5.14. The highest BCUT2D eigenvalue weighted by molar-refractivity contribution is 6.43. The van der Waals surface area contributed by atoms with Gasteiger partial charge in [0.2, 0.25) is 5.78 Å². The molecule has 0 unspecified atom stereocenters. The number of carbonyl (C=O) groups is 3. The number of nitrogens with one attached hydrogen (secondary N) is 2. The van der Waals surface area contributed by atoms with E-state index < -0.39 is 11.7 Å². The predicted octanol–water partition coefficient (Wildman–Crippen LogP) is 2.66. The fraction of sp³-hybridized carbons (Fsp3) is 0.393. The zero-order valence-electron chi connectivity index (χ0n) is 21.2. The first-order chi connectivity index (χ1) is 17.8. The van der Waals surface area contributed by atoms with Crippen LogP contribution >= 0.6 is 0 Å². The number of ketones is 1. The Morgan fingerprint density at radius 2 is 1.70 bits per heavy atom. The standard InChI is InChI=1S/C28H32FN5O3/c1-18-16-34(19(2)15-33(18)17-20-3-6-22(29)7-4-20)27(36)24-14-31-25-8-5-21(13-23(24)25)26(35)28(37)32-11-9-30-10-12-32/h3-8,13-14,18-19,30-31H,9-12,15-17H2,1-2H3/t18-,19+/m0/s1. The fourth-order valence-electron chi connectivity index (χ4n) is 5.25. The van der Waals surface area contributed by atoms with Gasteiger partial charge in [-0.3, -0.25) is 19.3 Å². The van der Waals surface area contributed by atoms with Crippen LogP contribution in [0.3, 0.4) is 0 Å². The van der Waals surface area contributed by atoms with Gasteiger partial charge < -0.3 is 20.1 Å². The van der Waals surface area contributed by atoms with Crippen LogP contribution in [0.1, 0.15) is 40.1 Å². The molecule has 0 bridgehead atoms. The highest BCUT2D eigenvalue weighted by Crippen LogP contribution is 2.26. The molecule has 2 aliphatic rings. The molecule has 9 heteroatoms. The molecule has 2 saturated heterocycles. The first-order valence-electron chi connectivity index (χ1n) is 12.8. The van der Waals surface area contributed by atoms with E-state index in [0.29, 0.717) is 56.8 Å². The molecule has 3 heterocycles. The van der Waals surface area contributed by atoms with Crippen LogP contribution in [0.25, 0.3) is 10.9 Å². The van der Waals surface area contributed by atoms with Gasteiger partial charge in [0.1, 0.15) is 5.82 Å². The summed E-state index contributed by atoms with van der Waals surface area (Å²) in [4.78, 5) is 48.2. The average molecular weight is 506 g/mol. The summed E-state index contributed by atoms with van der Waals surface area (Å²) >= 11 is 0. The molecular weight excluding hydrogens is 473 g/mol. The number of amides is 2. The van der Waals surface area contributed by atoms with Crippen molar-refractivity contribution >= 4 is 28.5 Å². The smallest absolute Gasteiger partial charge is 0.295 e. The third-order valence-electron chi connectivity index (χ3n) is 7.45. The highest BCUT2D eigenvalue weighted by atomic mass is 19.1. The van der Waals surface area contributed by atoms with Gasteiger partial charge in [0.15, 0.2) is 0 Å². The van der Waals surface area contributed by atoms with Crippen molar-refractivity contribution in [2.24, 2.45) is 0 Å². The molecular formula is C28H32FN5O3. The van der Waals surface area contributed by atoms with Crippen LogP contribution in [-0.2, 0) is 11.3 Å². The Labute approximate surface area is 215 Å². The molecule has 0 aliphatic carbocycles. The van der Waals surface area contributed by atoms with Gasteiger partial charge in [0.05, 0.1) is 5.56 Å². The number of carbonyl (C=O) groups excluding carboxylic acids is 3. The zero-order valence-corrected chi connectivity index (χ0v) is 21.2. The van der Waals surface area contributed by atoms with Crippen molar-refractivity contribution in [2.75, 3.05) is 39.3 Å². The lowest BCUT2D eigenvalue weighted by molar-refractivity contribution is -0.127. The van der Waals surface area contributed by atoms with E-state index in [2.05, 4.69) is 22.1 Å². The maximum atomic E-state index is 13.7. The Morgan fingerprint density at radius 1 is 0.973 bits per heavy atom. The lowest BCUT2D eigenvalue weighted by Crippen LogP contribution is -2.57. The number of halogens is 1. The van der Waals surface area contributed by atoms with Crippen molar-refractivity contribution in [2.45, 2.75) is 32.5 Å².